The number of methoxy groups -OCH3 is 1. The van der Waals surface area contributed by atoms with Crippen molar-refractivity contribution < 1.29 is 22.7 Å². The summed E-state index contributed by atoms with van der Waals surface area (Å²) < 4.78 is 33.0. The van der Waals surface area contributed by atoms with E-state index < -0.39 is 22.0 Å². The molecule has 10 heteroatoms. The van der Waals surface area contributed by atoms with Gasteiger partial charge in [-0.05, 0) is 60.5 Å². The van der Waals surface area contributed by atoms with Crippen LogP contribution in [0.25, 0.3) is 0 Å². The van der Waals surface area contributed by atoms with Gasteiger partial charge in [0.15, 0.2) is 0 Å². The maximum absolute atomic E-state index is 13.4. The molecule has 0 saturated carbocycles. The Morgan fingerprint density at radius 3 is 2.67 bits per heavy atom. The zero-order chi connectivity index (χ0) is 23.6. The predicted molar refractivity (Wildman–Crippen MR) is 129 cm³/mol. The standard InChI is InChI=1S/C23H23N3O5S2/c1-15-14-32-21(22(27)31-2)20(15)25-23(28)24-17-9-5-10-18(13-17)33(29,30)26-12-6-8-16-7-3-4-11-19(16)26/h3-5,7,9-11,13-14H,6,8,12H2,1-2H3,(H2,24,25,28). The van der Waals surface area contributed by atoms with Crippen molar-refractivity contribution in [3.8, 4) is 0 Å². The second-order valence-corrected chi connectivity index (χ2v) is 10.3. The smallest absolute Gasteiger partial charge is 0.350 e. The lowest BCUT2D eigenvalue weighted by Gasteiger charge is -2.30. The number of benzene rings is 2. The predicted octanol–water partition coefficient (Wildman–Crippen LogP) is 4.63. The van der Waals surface area contributed by atoms with Gasteiger partial charge in [0.1, 0.15) is 4.88 Å². The lowest BCUT2D eigenvalue weighted by molar-refractivity contribution is 0.0607. The molecule has 2 heterocycles. The number of aryl methyl sites for hydroxylation is 2. The number of esters is 1. The fourth-order valence-electron chi connectivity index (χ4n) is 3.73. The molecule has 2 aromatic carbocycles. The average molecular weight is 486 g/mol. The molecule has 4 rings (SSSR count). The van der Waals surface area contributed by atoms with E-state index in [1.807, 2.05) is 24.3 Å². The van der Waals surface area contributed by atoms with Crippen molar-refractivity contribution in [3.63, 3.8) is 0 Å². The normalized spacial score (nSPS) is 13.2. The fourth-order valence-corrected chi connectivity index (χ4v) is 6.24. The summed E-state index contributed by atoms with van der Waals surface area (Å²) in [4.78, 5) is 24.9. The third kappa shape index (κ3) is 4.57. The van der Waals surface area contributed by atoms with E-state index >= 15 is 0 Å². The zero-order valence-corrected chi connectivity index (χ0v) is 19.8. The third-order valence-corrected chi connectivity index (χ3v) is 8.22. The molecule has 0 radical (unpaired) electrons. The number of nitrogens with one attached hydrogen (secondary N) is 2. The summed E-state index contributed by atoms with van der Waals surface area (Å²) in [6.07, 6.45) is 1.57. The van der Waals surface area contributed by atoms with Gasteiger partial charge in [0.2, 0.25) is 0 Å². The molecule has 172 valence electrons. The number of carbonyl (C=O) groups excluding carboxylic acids is 2. The number of sulfonamides is 1. The van der Waals surface area contributed by atoms with E-state index in [9.17, 15) is 18.0 Å². The van der Waals surface area contributed by atoms with Crippen molar-refractivity contribution in [2.75, 3.05) is 28.6 Å². The Labute approximate surface area is 196 Å². The Bertz CT molecular complexity index is 1320. The highest BCUT2D eigenvalue weighted by Crippen LogP contribution is 2.32. The summed E-state index contributed by atoms with van der Waals surface area (Å²) in [6.45, 7) is 2.16. The molecule has 0 fully saturated rings. The first-order valence-corrected chi connectivity index (χ1v) is 12.6. The SMILES string of the molecule is COC(=O)c1scc(C)c1NC(=O)Nc1cccc(S(=O)(=O)N2CCCc3ccccc32)c1. The average Bonchev–Trinajstić information content (AvgIpc) is 3.18. The number of ether oxygens (including phenoxy) is 1. The maximum Gasteiger partial charge on any atom is 0.350 e. The molecule has 0 unspecified atom stereocenters. The molecule has 0 spiro atoms. The fraction of sp³-hybridized carbons (Fsp3) is 0.217. The molecule has 2 N–H and O–H groups in total. The number of urea groups is 1. The summed E-state index contributed by atoms with van der Waals surface area (Å²) in [5, 5.41) is 7.04. The van der Waals surface area contributed by atoms with Gasteiger partial charge >= 0.3 is 12.0 Å². The van der Waals surface area contributed by atoms with Crippen LogP contribution in [0.4, 0.5) is 21.9 Å². The number of carbonyl (C=O) groups is 2. The topological polar surface area (TPSA) is 105 Å². The largest absolute Gasteiger partial charge is 0.465 e. The first kappa shape index (κ1) is 22.8. The number of thiophene rings is 1. The molecular weight excluding hydrogens is 462 g/mol. The Kier molecular flexibility index (Phi) is 6.39. The van der Waals surface area contributed by atoms with Gasteiger partial charge in [-0.3, -0.25) is 4.31 Å². The number of rotatable bonds is 5. The van der Waals surface area contributed by atoms with Crippen molar-refractivity contribution in [2.24, 2.45) is 0 Å². The summed E-state index contributed by atoms with van der Waals surface area (Å²) in [5.41, 5.74) is 3.07. The van der Waals surface area contributed by atoms with Crippen LogP contribution in [0.1, 0.15) is 27.2 Å². The van der Waals surface area contributed by atoms with Gasteiger partial charge in [0.25, 0.3) is 10.0 Å². The molecule has 0 aliphatic carbocycles. The monoisotopic (exact) mass is 485 g/mol. The molecule has 1 aliphatic rings. The minimum Gasteiger partial charge on any atom is -0.465 e. The summed E-state index contributed by atoms with van der Waals surface area (Å²) in [7, 11) is -2.54. The van der Waals surface area contributed by atoms with Crippen LogP contribution >= 0.6 is 11.3 Å². The van der Waals surface area contributed by atoms with E-state index in [1.165, 1.54) is 34.9 Å². The second-order valence-electron chi connectivity index (χ2n) is 7.53. The second kappa shape index (κ2) is 9.24. The molecular formula is C23H23N3O5S2. The number of amides is 2. The van der Waals surface area contributed by atoms with Crippen molar-refractivity contribution in [3.05, 3.63) is 69.9 Å². The lowest BCUT2D eigenvalue weighted by Crippen LogP contribution is -2.35. The molecule has 1 aliphatic heterocycles. The molecule has 0 saturated heterocycles. The van der Waals surface area contributed by atoms with Crippen LogP contribution in [0.15, 0.2) is 58.8 Å². The van der Waals surface area contributed by atoms with Gasteiger partial charge < -0.3 is 15.4 Å². The van der Waals surface area contributed by atoms with Gasteiger partial charge in [-0.15, -0.1) is 11.3 Å². The number of anilines is 3. The summed E-state index contributed by atoms with van der Waals surface area (Å²) in [5.74, 6) is -0.543. The Balaban J connectivity index is 1.55. The highest BCUT2D eigenvalue weighted by atomic mass is 32.2. The van der Waals surface area contributed by atoms with E-state index in [-0.39, 0.29) is 9.77 Å². The van der Waals surface area contributed by atoms with E-state index in [0.29, 0.717) is 23.6 Å². The minimum atomic E-state index is -3.81. The lowest BCUT2D eigenvalue weighted by atomic mass is 10.0. The number of para-hydroxylation sites is 1. The number of nitrogens with zero attached hydrogens (tertiary/aromatic N) is 1. The van der Waals surface area contributed by atoms with Crippen LogP contribution < -0.4 is 14.9 Å². The highest BCUT2D eigenvalue weighted by Gasteiger charge is 2.29. The highest BCUT2D eigenvalue weighted by molar-refractivity contribution is 7.92. The summed E-state index contributed by atoms with van der Waals surface area (Å²) >= 11 is 1.17. The van der Waals surface area contributed by atoms with E-state index in [1.54, 1.807) is 24.4 Å². The van der Waals surface area contributed by atoms with Crippen molar-refractivity contribution in [1.82, 2.24) is 0 Å². The molecule has 0 atom stereocenters. The first-order valence-electron chi connectivity index (χ1n) is 10.3. The molecule has 8 nitrogen and oxygen atoms in total. The zero-order valence-electron chi connectivity index (χ0n) is 18.1. The van der Waals surface area contributed by atoms with Crippen LogP contribution in [-0.2, 0) is 21.2 Å². The van der Waals surface area contributed by atoms with Gasteiger partial charge in [-0.25, -0.2) is 18.0 Å². The van der Waals surface area contributed by atoms with Gasteiger partial charge in [0, 0.05) is 12.2 Å². The molecule has 2 amide bonds. The molecule has 0 bridgehead atoms. The van der Waals surface area contributed by atoms with E-state index in [0.717, 1.165) is 24.0 Å². The first-order chi connectivity index (χ1) is 15.8. The van der Waals surface area contributed by atoms with E-state index in [2.05, 4.69) is 10.6 Å². The van der Waals surface area contributed by atoms with Gasteiger partial charge in [-0.2, -0.15) is 0 Å². The van der Waals surface area contributed by atoms with Gasteiger partial charge in [-0.1, -0.05) is 24.3 Å². The van der Waals surface area contributed by atoms with Crippen molar-refractivity contribution in [1.29, 1.82) is 0 Å². The van der Waals surface area contributed by atoms with E-state index in [4.69, 9.17) is 4.74 Å². The van der Waals surface area contributed by atoms with Crippen molar-refractivity contribution >= 4 is 50.4 Å². The van der Waals surface area contributed by atoms with Gasteiger partial charge in [0.05, 0.1) is 23.4 Å². The number of hydrogen-bond acceptors (Lipinski definition) is 6. The third-order valence-electron chi connectivity index (χ3n) is 5.33. The Hall–Kier alpha value is -3.37. The minimum absolute atomic E-state index is 0.0824. The van der Waals surface area contributed by atoms with Crippen LogP contribution in [0.5, 0.6) is 0 Å². The summed E-state index contributed by atoms with van der Waals surface area (Å²) in [6, 6.07) is 13.0. The molecule has 3 aromatic rings. The van der Waals surface area contributed by atoms with Crippen LogP contribution in [0.2, 0.25) is 0 Å². The Morgan fingerprint density at radius 2 is 1.88 bits per heavy atom. The molecule has 33 heavy (non-hydrogen) atoms. The quantitative estimate of drug-likeness (QED) is 0.513. The van der Waals surface area contributed by atoms with Crippen molar-refractivity contribution in [2.45, 2.75) is 24.7 Å². The van der Waals surface area contributed by atoms with Crippen LogP contribution in [0, 0.1) is 6.92 Å². The Morgan fingerprint density at radius 1 is 1.09 bits per heavy atom. The van der Waals surface area contributed by atoms with Crippen LogP contribution in [-0.4, -0.2) is 34.1 Å². The number of fused-ring (bicyclic) bond motifs is 1. The maximum atomic E-state index is 13.4. The van der Waals surface area contributed by atoms with Crippen LogP contribution in [0.3, 0.4) is 0 Å². The number of hydrogen-bond donors (Lipinski definition) is 2. The molecule has 1 aromatic heterocycles.